The molecule has 0 aliphatic heterocycles. The Bertz CT molecular complexity index is 685. The third kappa shape index (κ3) is 4.98. The Morgan fingerprint density at radius 3 is 2.17 bits per heavy atom. The van der Waals surface area contributed by atoms with E-state index in [0.29, 0.717) is 11.7 Å². The molecule has 0 unspecified atom stereocenters. The highest BCUT2D eigenvalue weighted by Gasteiger charge is 2.12. The van der Waals surface area contributed by atoms with Crippen LogP contribution in [0.25, 0.3) is 0 Å². The quantitative estimate of drug-likeness (QED) is 0.739. The fraction of sp³-hybridized carbons (Fsp3) is 0.333. The second-order valence-corrected chi connectivity index (χ2v) is 6.38. The van der Waals surface area contributed by atoms with E-state index in [1.165, 1.54) is 11.8 Å². The fourth-order valence-electron chi connectivity index (χ4n) is 1.95. The first-order valence-corrected chi connectivity index (χ1v) is 8.24. The van der Waals surface area contributed by atoms with Gasteiger partial charge in [-0.05, 0) is 17.7 Å². The molecule has 1 heterocycles. The molecule has 0 atom stereocenters. The first kappa shape index (κ1) is 17.8. The van der Waals surface area contributed by atoms with Crippen molar-refractivity contribution in [1.82, 2.24) is 19.9 Å². The lowest BCUT2D eigenvalue weighted by Gasteiger charge is -2.18. The Balaban J connectivity index is 1.89. The summed E-state index contributed by atoms with van der Waals surface area (Å²) in [5, 5.41) is 0.345. The molecule has 8 nitrogen and oxygen atoms in total. The van der Waals surface area contributed by atoms with E-state index in [0.717, 1.165) is 11.3 Å². The molecular weight excluding hydrogens is 326 g/mol. The van der Waals surface area contributed by atoms with Crippen LogP contribution >= 0.6 is 11.8 Å². The number of amides is 1. The zero-order valence-electron chi connectivity index (χ0n) is 13.9. The lowest BCUT2D eigenvalue weighted by Crippen LogP contribution is -2.27. The first-order valence-electron chi connectivity index (χ1n) is 7.25. The molecule has 0 radical (unpaired) electrons. The van der Waals surface area contributed by atoms with Crippen LogP contribution in [-0.2, 0) is 11.3 Å². The molecular formula is C15H21N7OS. The molecule has 0 saturated carbocycles. The summed E-state index contributed by atoms with van der Waals surface area (Å²) in [5.74, 6) is 0.266. The van der Waals surface area contributed by atoms with Gasteiger partial charge in [0.2, 0.25) is 17.8 Å². The minimum Gasteiger partial charge on any atom is -0.378 e. The highest BCUT2D eigenvalue weighted by atomic mass is 32.2. The summed E-state index contributed by atoms with van der Waals surface area (Å²) in [6.45, 7) is 0.536. The van der Waals surface area contributed by atoms with E-state index >= 15 is 0 Å². The van der Waals surface area contributed by atoms with E-state index in [1.54, 1.807) is 11.9 Å². The molecule has 1 amide bonds. The molecule has 0 bridgehead atoms. The average Bonchev–Trinajstić information content (AvgIpc) is 2.52. The van der Waals surface area contributed by atoms with E-state index in [1.807, 2.05) is 43.3 Å². The van der Waals surface area contributed by atoms with E-state index in [-0.39, 0.29) is 23.6 Å². The van der Waals surface area contributed by atoms with Crippen LogP contribution in [0.2, 0.25) is 0 Å². The van der Waals surface area contributed by atoms with Crippen molar-refractivity contribution < 1.29 is 4.79 Å². The predicted octanol–water partition coefficient (Wildman–Crippen LogP) is 0.853. The van der Waals surface area contributed by atoms with Gasteiger partial charge in [0.25, 0.3) is 0 Å². The zero-order valence-corrected chi connectivity index (χ0v) is 14.7. The number of benzene rings is 1. The van der Waals surface area contributed by atoms with Crippen molar-refractivity contribution in [3.05, 3.63) is 29.8 Å². The van der Waals surface area contributed by atoms with Crippen molar-refractivity contribution >= 4 is 35.3 Å². The van der Waals surface area contributed by atoms with Crippen LogP contribution in [-0.4, -0.2) is 52.7 Å². The summed E-state index contributed by atoms with van der Waals surface area (Å²) in [7, 11) is 5.74. The Morgan fingerprint density at radius 2 is 1.62 bits per heavy atom. The monoisotopic (exact) mass is 347 g/mol. The number of anilines is 3. The number of aromatic nitrogens is 3. The molecule has 2 aromatic rings. The van der Waals surface area contributed by atoms with Gasteiger partial charge in [-0.25, -0.2) is 0 Å². The van der Waals surface area contributed by atoms with Crippen molar-refractivity contribution in [2.45, 2.75) is 11.7 Å². The smallest absolute Gasteiger partial charge is 0.233 e. The van der Waals surface area contributed by atoms with Crippen LogP contribution in [0.5, 0.6) is 0 Å². The van der Waals surface area contributed by atoms with Crippen molar-refractivity contribution in [3.8, 4) is 0 Å². The lowest BCUT2D eigenvalue weighted by atomic mass is 10.2. The van der Waals surface area contributed by atoms with Crippen LogP contribution < -0.4 is 16.4 Å². The van der Waals surface area contributed by atoms with Crippen molar-refractivity contribution in [3.63, 3.8) is 0 Å². The second kappa shape index (κ2) is 7.82. The van der Waals surface area contributed by atoms with Gasteiger partial charge in [0, 0.05) is 33.4 Å². The highest BCUT2D eigenvalue weighted by Crippen LogP contribution is 2.16. The summed E-state index contributed by atoms with van der Waals surface area (Å²) in [6, 6.07) is 8.08. The molecule has 128 valence electrons. The average molecular weight is 347 g/mol. The Kier molecular flexibility index (Phi) is 5.80. The van der Waals surface area contributed by atoms with Crippen molar-refractivity contribution in [2.24, 2.45) is 0 Å². The molecule has 0 spiro atoms. The molecule has 4 N–H and O–H groups in total. The molecule has 0 aliphatic rings. The summed E-state index contributed by atoms with van der Waals surface area (Å²) in [4.78, 5) is 27.5. The number of hydrogen-bond donors (Lipinski definition) is 2. The Morgan fingerprint density at radius 1 is 1.04 bits per heavy atom. The van der Waals surface area contributed by atoms with Crippen LogP contribution in [0, 0.1) is 0 Å². The number of thioether (sulfide) groups is 1. The van der Waals surface area contributed by atoms with Gasteiger partial charge in [-0.2, -0.15) is 15.0 Å². The molecule has 0 saturated heterocycles. The molecule has 2 rings (SSSR count). The van der Waals surface area contributed by atoms with E-state index in [2.05, 4.69) is 15.0 Å². The SMILES string of the molecule is CN(Cc1ccc(N(C)C)cc1)C(=O)CSc1nc(N)nc(N)n1. The standard InChI is InChI=1S/C15H21N7OS/c1-21(2)11-6-4-10(5-7-11)8-22(3)12(23)9-24-15-19-13(16)18-14(17)20-15/h4-7H,8-9H2,1-3H3,(H4,16,17,18,19,20). The van der Waals surface area contributed by atoms with E-state index in [9.17, 15) is 4.79 Å². The lowest BCUT2D eigenvalue weighted by molar-refractivity contribution is -0.127. The number of nitrogens with two attached hydrogens (primary N) is 2. The van der Waals surface area contributed by atoms with Crippen LogP contribution in [0.4, 0.5) is 17.6 Å². The van der Waals surface area contributed by atoms with Gasteiger partial charge >= 0.3 is 0 Å². The summed E-state index contributed by atoms with van der Waals surface area (Å²) in [5.41, 5.74) is 13.2. The van der Waals surface area contributed by atoms with Crippen LogP contribution in [0.1, 0.15) is 5.56 Å². The number of nitrogens with zero attached hydrogens (tertiary/aromatic N) is 5. The van der Waals surface area contributed by atoms with E-state index < -0.39 is 0 Å². The van der Waals surface area contributed by atoms with E-state index in [4.69, 9.17) is 11.5 Å². The van der Waals surface area contributed by atoms with Crippen LogP contribution in [0.15, 0.2) is 29.4 Å². The Labute approximate surface area is 145 Å². The summed E-state index contributed by atoms with van der Waals surface area (Å²) >= 11 is 1.18. The summed E-state index contributed by atoms with van der Waals surface area (Å²) in [6.07, 6.45) is 0. The maximum atomic E-state index is 12.2. The van der Waals surface area contributed by atoms with Gasteiger partial charge in [-0.1, -0.05) is 23.9 Å². The largest absolute Gasteiger partial charge is 0.378 e. The third-order valence-corrected chi connectivity index (χ3v) is 4.10. The minimum absolute atomic E-state index is 0.0331. The minimum atomic E-state index is -0.0331. The second-order valence-electron chi connectivity index (χ2n) is 5.43. The number of carbonyl (C=O) groups is 1. The zero-order chi connectivity index (χ0) is 17.7. The fourth-order valence-corrected chi connectivity index (χ4v) is 2.74. The topological polar surface area (TPSA) is 114 Å². The maximum Gasteiger partial charge on any atom is 0.233 e. The predicted molar refractivity (Wildman–Crippen MR) is 96.6 cm³/mol. The third-order valence-electron chi connectivity index (χ3n) is 3.27. The number of nitrogen functional groups attached to an aromatic ring is 2. The Hall–Kier alpha value is -2.55. The number of carbonyl (C=O) groups excluding carboxylic acids is 1. The van der Waals surface area contributed by atoms with Gasteiger partial charge in [-0.3, -0.25) is 4.79 Å². The van der Waals surface area contributed by atoms with Crippen LogP contribution in [0.3, 0.4) is 0 Å². The van der Waals surface area contributed by atoms with Gasteiger partial charge in [0.15, 0.2) is 5.16 Å². The molecule has 0 aliphatic carbocycles. The highest BCUT2D eigenvalue weighted by molar-refractivity contribution is 7.99. The molecule has 9 heteroatoms. The number of rotatable bonds is 6. The van der Waals surface area contributed by atoms with Gasteiger partial charge in [-0.15, -0.1) is 0 Å². The maximum absolute atomic E-state index is 12.2. The van der Waals surface area contributed by atoms with Gasteiger partial charge < -0.3 is 21.3 Å². The summed E-state index contributed by atoms with van der Waals surface area (Å²) < 4.78 is 0. The van der Waals surface area contributed by atoms with Crippen molar-refractivity contribution in [2.75, 3.05) is 43.3 Å². The number of hydrogen-bond acceptors (Lipinski definition) is 8. The molecule has 1 aromatic carbocycles. The normalized spacial score (nSPS) is 10.5. The molecule has 0 fully saturated rings. The van der Waals surface area contributed by atoms with Gasteiger partial charge in [0.1, 0.15) is 0 Å². The van der Waals surface area contributed by atoms with Gasteiger partial charge in [0.05, 0.1) is 5.75 Å². The van der Waals surface area contributed by atoms with Crippen molar-refractivity contribution in [1.29, 1.82) is 0 Å². The molecule has 24 heavy (non-hydrogen) atoms. The first-order chi connectivity index (χ1) is 11.3. The molecule has 1 aromatic heterocycles.